The standard InChI is InChI=1S/C31H29N5O2/c1-22-8-6-7-11-26(22)31(37)35-18-16-34(17-19-35)29-28-27(23-9-4-3-5-10-23)20-36(30(28)33-21-32-29)24-12-14-25(38-2)15-13-24/h3-15,20-21H,16-19H2,1-2H3. The number of hydrogen-bond donors (Lipinski definition) is 0. The summed E-state index contributed by atoms with van der Waals surface area (Å²) in [5.41, 5.74) is 5.80. The molecule has 38 heavy (non-hydrogen) atoms. The first kappa shape index (κ1) is 23.7. The summed E-state index contributed by atoms with van der Waals surface area (Å²) in [6, 6.07) is 26.1. The van der Waals surface area contributed by atoms with Gasteiger partial charge in [-0.1, -0.05) is 48.5 Å². The summed E-state index contributed by atoms with van der Waals surface area (Å²) in [6.07, 6.45) is 3.77. The molecule has 1 saturated heterocycles. The molecular weight excluding hydrogens is 474 g/mol. The Labute approximate surface area is 221 Å². The summed E-state index contributed by atoms with van der Waals surface area (Å²) in [4.78, 5) is 26.9. The fraction of sp³-hybridized carbons (Fsp3) is 0.194. The summed E-state index contributed by atoms with van der Waals surface area (Å²) in [6.45, 7) is 4.66. The van der Waals surface area contributed by atoms with Gasteiger partial charge in [0.2, 0.25) is 0 Å². The molecule has 1 amide bonds. The molecule has 1 aliphatic rings. The molecule has 0 aliphatic carbocycles. The third-order valence-corrected chi connectivity index (χ3v) is 7.24. The van der Waals surface area contributed by atoms with Gasteiger partial charge >= 0.3 is 0 Å². The molecule has 0 unspecified atom stereocenters. The molecular formula is C31H29N5O2. The van der Waals surface area contributed by atoms with E-state index in [1.807, 2.05) is 78.6 Å². The Balaban J connectivity index is 1.37. The van der Waals surface area contributed by atoms with Crippen LogP contribution in [0.4, 0.5) is 5.82 Å². The molecule has 1 aliphatic heterocycles. The molecule has 2 aromatic heterocycles. The number of hydrogen-bond acceptors (Lipinski definition) is 5. The Bertz CT molecular complexity index is 1590. The predicted octanol–water partition coefficient (Wildman–Crippen LogP) is 5.37. The van der Waals surface area contributed by atoms with Crippen molar-refractivity contribution < 1.29 is 9.53 Å². The van der Waals surface area contributed by atoms with Crippen molar-refractivity contribution >= 4 is 22.8 Å². The number of carbonyl (C=O) groups excluding carboxylic acids is 1. The number of ether oxygens (including phenoxy) is 1. The normalized spacial score (nSPS) is 13.6. The average molecular weight is 504 g/mol. The van der Waals surface area contributed by atoms with Crippen LogP contribution in [0.15, 0.2) is 91.4 Å². The molecule has 0 saturated carbocycles. The number of carbonyl (C=O) groups is 1. The maximum Gasteiger partial charge on any atom is 0.254 e. The first-order valence-electron chi connectivity index (χ1n) is 12.8. The number of aryl methyl sites for hydroxylation is 1. The smallest absolute Gasteiger partial charge is 0.254 e. The minimum Gasteiger partial charge on any atom is -0.497 e. The van der Waals surface area contributed by atoms with E-state index in [9.17, 15) is 4.79 Å². The van der Waals surface area contributed by atoms with Crippen molar-refractivity contribution in [3.8, 4) is 22.6 Å². The van der Waals surface area contributed by atoms with E-state index in [2.05, 4.69) is 27.8 Å². The van der Waals surface area contributed by atoms with E-state index in [1.54, 1.807) is 13.4 Å². The van der Waals surface area contributed by atoms with Crippen LogP contribution in [0.2, 0.25) is 0 Å². The molecule has 0 atom stereocenters. The summed E-state index contributed by atoms with van der Waals surface area (Å²) < 4.78 is 7.47. The maximum atomic E-state index is 13.2. The first-order chi connectivity index (χ1) is 18.6. The Kier molecular flexibility index (Phi) is 6.25. The van der Waals surface area contributed by atoms with Crippen molar-refractivity contribution in [3.63, 3.8) is 0 Å². The molecule has 0 spiro atoms. The van der Waals surface area contributed by atoms with Gasteiger partial charge in [0.15, 0.2) is 5.65 Å². The van der Waals surface area contributed by atoms with Crippen LogP contribution in [-0.4, -0.2) is 58.6 Å². The van der Waals surface area contributed by atoms with Crippen molar-refractivity contribution in [3.05, 3.63) is 103 Å². The highest BCUT2D eigenvalue weighted by Gasteiger charge is 2.27. The molecule has 3 aromatic carbocycles. The molecule has 5 aromatic rings. The van der Waals surface area contributed by atoms with Gasteiger partial charge in [-0.05, 0) is 48.4 Å². The van der Waals surface area contributed by atoms with Gasteiger partial charge in [-0.2, -0.15) is 0 Å². The number of methoxy groups -OCH3 is 1. The first-order valence-corrected chi connectivity index (χ1v) is 12.8. The van der Waals surface area contributed by atoms with Crippen LogP contribution in [-0.2, 0) is 0 Å². The maximum absolute atomic E-state index is 13.2. The highest BCUT2D eigenvalue weighted by molar-refractivity contribution is 6.02. The van der Waals surface area contributed by atoms with Gasteiger partial charge in [0.1, 0.15) is 17.9 Å². The fourth-order valence-corrected chi connectivity index (χ4v) is 5.17. The number of rotatable bonds is 5. The molecule has 1 fully saturated rings. The number of benzene rings is 3. The number of nitrogens with zero attached hydrogens (tertiary/aromatic N) is 5. The van der Waals surface area contributed by atoms with Gasteiger partial charge in [-0.25, -0.2) is 9.97 Å². The molecule has 0 bridgehead atoms. The molecule has 3 heterocycles. The second-order valence-electron chi connectivity index (χ2n) is 9.47. The van der Waals surface area contributed by atoms with E-state index in [1.165, 1.54) is 0 Å². The third kappa shape index (κ3) is 4.26. The lowest BCUT2D eigenvalue weighted by Crippen LogP contribution is -2.49. The number of amides is 1. The largest absolute Gasteiger partial charge is 0.497 e. The van der Waals surface area contributed by atoms with Crippen LogP contribution in [0.5, 0.6) is 5.75 Å². The number of anilines is 1. The van der Waals surface area contributed by atoms with Gasteiger partial charge in [-0.3, -0.25) is 4.79 Å². The Morgan fingerprint density at radius 1 is 0.842 bits per heavy atom. The van der Waals surface area contributed by atoms with Crippen LogP contribution >= 0.6 is 0 Å². The third-order valence-electron chi connectivity index (χ3n) is 7.24. The molecule has 7 heteroatoms. The van der Waals surface area contributed by atoms with Gasteiger partial charge < -0.3 is 19.1 Å². The second kappa shape index (κ2) is 10.0. The minimum atomic E-state index is 0.0891. The van der Waals surface area contributed by atoms with E-state index >= 15 is 0 Å². The summed E-state index contributed by atoms with van der Waals surface area (Å²) in [5, 5.41) is 1.01. The lowest BCUT2D eigenvalue weighted by Gasteiger charge is -2.36. The zero-order chi connectivity index (χ0) is 26.1. The van der Waals surface area contributed by atoms with Crippen LogP contribution in [0.1, 0.15) is 15.9 Å². The highest BCUT2D eigenvalue weighted by Crippen LogP contribution is 2.37. The molecule has 7 nitrogen and oxygen atoms in total. The van der Waals surface area contributed by atoms with Crippen molar-refractivity contribution in [2.75, 3.05) is 38.2 Å². The van der Waals surface area contributed by atoms with Crippen molar-refractivity contribution in [1.82, 2.24) is 19.4 Å². The van der Waals surface area contributed by atoms with E-state index in [4.69, 9.17) is 14.7 Å². The lowest BCUT2D eigenvalue weighted by atomic mass is 10.1. The van der Waals surface area contributed by atoms with Gasteiger partial charge in [-0.15, -0.1) is 0 Å². The fourth-order valence-electron chi connectivity index (χ4n) is 5.17. The van der Waals surface area contributed by atoms with Gasteiger partial charge in [0, 0.05) is 49.2 Å². The number of fused-ring (bicyclic) bond motifs is 1. The van der Waals surface area contributed by atoms with Gasteiger partial charge in [0.25, 0.3) is 5.91 Å². The summed E-state index contributed by atoms with van der Waals surface area (Å²) in [7, 11) is 1.67. The van der Waals surface area contributed by atoms with E-state index in [0.29, 0.717) is 26.2 Å². The van der Waals surface area contributed by atoms with E-state index < -0.39 is 0 Å². The second-order valence-corrected chi connectivity index (χ2v) is 9.47. The van der Waals surface area contributed by atoms with E-state index in [-0.39, 0.29) is 5.91 Å². The molecule has 0 N–H and O–H groups in total. The summed E-state index contributed by atoms with van der Waals surface area (Å²) in [5.74, 6) is 1.79. The number of aromatic nitrogens is 3. The van der Waals surface area contributed by atoms with Crippen LogP contribution in [0.25, 0.3) is 27.8 Å². The average Bonchev–Trinajstić information content (AvgIpc) is 3.38. The lowest BCUT2D eigenvalue weighted by molar-refractivity contribution is 0.0746. The quantitative estimate of drug-likeness (QED) is 0.323. The van der Waals surface area contributed by atoms with E-state index in [0.717, 1.165) is 50.5 Å². The molecule has 0 radical (unpaired) electrons. The van der Waals surface area contributed by atoms with Crippen molar-refractivity contribution in [2.45, 2.75) is 6.92 Å². The predicted molar refractivity (Wildman–Crippen MR) is 150 cm³/mol. The Morgan fingerprint density at radius 2 is 1.55 bits per heavy atom. The summed E-state index contributed by atoms with van der Waals surface area (Å²) >= 11 is 0. The zero-order valence-corrected chi connectivity index (χ0v) is 21.5. The Hall–Kier alpha value is -4.65. The SMILES string of the molecule is COc1ccc(-n2cc(-c3ccccc3)c3c(N4CCN(C(=O)c5ccccc5C)CC4)ncnc32)cc1. The van der Waals surface area contributed by atoms with Crippen LogP contribution in [0, 0.1) is 6.92 Å². The van der Waals surface area contributed by atoms with Gasteiger partial charge in [0.05, 0.1) is 12.5 Å². The highest BCUT2D eigenvalue weighted by atomic mass is 16.5. The van der Waals surface area contributed by atoms with Crippen LogP contribution < -0.4 is 9.64 Å². The van der Waals surface area contributed by atoms with Crippen molar-refractivity contribution in [1.29, 1.82) is 0 Å². The molecule has 6 rings (SSSR count). The monoisotopic (exact) mass is 503 g/mol. The topological polar surface area (TPSA) is 63.5 Å². The molecule has 190 valence electrons. The number of piperazine rings is 1. The Morgan fingerprint density at radius 3 is 2.26 bits per heavy atom. The van der Waals surface area contributed by atoms with Crippen LogP contribution in [0.3, 0.4) is 0 Å². The minimum absolute atomic E-state index is 0.0891. The zero-order valence-electron chi connectivity index (χ0n) is 21.5. The van der Waals surface area contributed by atoms with Crippen molar-refractivity contribution in [2.24, 2.45) is 0 Å².